The standard InChI is InChI=1S/C19H25F2NO4/c1-17(2,3)26-16(24)22-19(12-8-6-7-9-14(12)20)11-25-15(13(19)10-23)18(4,5)21/h6-10,13,15H,11H2,1-5H3,(H,22,24)/t13-,15?,19-/m1/s1. The molecule has 0 aromatic heterocycles. The van der Waals surface area contributed by atoms with E-state index in [1.54, 1.807) is 26.8 Å². The fourth-order valence-corrected chi connectivity index (χ4v) is 3.24. The van der Waals surface area contributed by atoms with E-state index < -0.39 is 40.7 Å². The molecule has 0 saturated carbocycles. The molecule has 1 N–H and O–H groups in total. The smallest absolute Gasteiger partial charge is 0.408 e. The van der Waals surface area contributed by atoms with Crippen molar-refractivity contribution >= 4 is 12.4 Å². The number of carbonyl (C=O) groups excluding carboxylic acids is 2. The summed E-state index contributed by atoms with van der Waals surface area (Å²) in [6.07, 6.45) is -1.48. The van der Waals surface area contributed by atoms with Gasteiger partial charge in [-0.2, -0.15) is 0 Å². The highest BCUT2D eigenvalue weighted by Gasteiger charge is 2.57. The highest BCUT2D eigenvalue weighted by Crippen LogP contribution is 2.44. The SMILES string of the molecule is CC(C)(C)OC(=O)N[C@@]1(c2ccccc2F)COC(C(C)(C)F)[C@H]1C=O. The number of hydrogen-bond acceptors (Lipinski definition) is 4. The van der Waals surface area contributed by atoms with E-state index in [0.717, 1.165) is 0 Å². The van der Waals surface area contributed by atoms with Crippen molar-refractivity contribution in [2.45, 2.75) is 57.5 Å². The van der Waals surface area contributed by atoms with E-state index in [4.69, 9.17) is 9.47 Å². The van der Waals surface area contributed by atoms with Gasteiger partial charge in [-0.3, -0.25) is 0 Å². The quantitative estimate of drug-likeness (QED) is 0.825. The van der Waals surface area contributed by atoms with Crippen molar-refractivity contribution in [3.8, 4) is 0 Å². The Hall–Kier alpha value is -2.02. The number of alkyl carbamates (subject to hydrolysis) is 1. The molecule has 0 spiro atoms. The number of nitrogens with one attached hydrogen (secondary N) is 1. The first kappa shape index (κ1) is 20.3. The van der Waals surface area contributed by atoms with E-state index in [1.165, 1.54) is 32.0 Å². The Bertz CT molecular complexity index is 681. The number of carbonyl (C=O) groups is 2. The maximum atomic E-state index is 14.6. The molecule has 1 amide bonds. The zero-order valence-corrected chi connectivity index (χ0v) is 15.6. The highest BCUT2D eigenvalue weighted by atomic mass is 19.1. The molecule has 2 rings (SSSR count). The predicted octanol–water partition coefficient (Wildman–Crippen LogP) is 3.51. The molecule has 1 aliphatic heterocycles. The van der Waals surface area contributed by atoms with E-state index in [-0.39, 0.29) is 12.2 Å². The van der Waals surface area contributed by atoms with Crippen LogP contribution in [0.2, 0.25) is 0 Å². The molecule has 5 nitrogen and oxygen atoms in total. The molecule has 1 aromatic rings. The molecular formula is C19H25F2NO4. The fraction of sp³-hybridized carbons (Fsp3) is 0.579. The van der Waals surface area contributed by atoms with Gasteiger partial charge in [0.2, 0.25) is 0 Å². The lowest BCUT2D eigenvalue weighted by Crippen LogP contribution is -2.55. The van der Waals surface area contributed by atoms with Gasteiger partial charge in [0.15, 0.2) is 0 Å². The molecule has 0 aliphatic carbocycles. The summed E-state index contributed by atoms with van der Waals surface area (Å²) in [5, 5.41) is 2.59. The highest BCUT2D eigenvalue weighted by molar-refractivity contribution is 5.72. The average Bonchev–Trinajstić information content (AvgIpc) is 2.84. The molecule has 1 heterocycles. The Morgan fingerprint density at radius 3 is 2.42 bits per heavy atom. The van der Waals surface area contributed by atoms with Gasteiger partial charge in [-0.15, -0.1) is 0 Å². The van der Waals surface area contributed by atoms with Crippen molar-refractivity contribution in [1.29, 1.82) is 0 Å². The van der Waals surface area contributed by atoms with E-state index >= 15 is 0 Å². The molecule has 1 aliphatic rings. The first-order chi connectivity index (χ1) is 11.9. The normalized spacial score (nSPS) is 26.4. The number of amides is 1. The predicted molar refractivity (Wildman–Crippen MR) is 91.9 cm³/mol. The Morgan fingerprint density at radius 2 is 1.92 bits per heavy atom. The number of rotatable bonds is 4. The topological polar surface area (TPSA) is 64.6 Å². The van der Waals surface area contributed by atoms with E-state index in [0.29, 0.717) is 6.29 Å². The maximum absolute atomic E-state index is 14.6. The summed E-state index contributed by atoms with van der Waals surface area (Å²) < 4.78 is 39.9. The summed E-state index contributed by atoms with van der Waals surface area (Å²) >= 11 is 0. The first-order valence-electron chi connectivity index (χ1n) is 8.43. The molecule has 1 fully saturated rings. The number of halogens is 2. The van der Waals surface area contributed by atoms with Crippen LogP contribution >= 0.6 is 0 Å². The molecule has 0 radical (unpaired) electrons. The molecule has 1 saturated heterocycles. The second-order valence-corrected chi connectivity index (χ2v) is 8.04. The van der Waals surface area contributed by atoms with Gasteiger partial charge in [0.1, 0.15) is 35.0 Å². The number of aldehydes is 1. The molecule has 1 aromatic carbocycles. The van der Waals surface area contributed by atoms with Crippen molar-refractivity contribution in [3.63, 3.8) is 0 Å². The Kier molecular flexibility index (Phi) is 5.42. The van der Waals surface area contributed by atoms with Crippen LogP contribution in [-0.2, 0) is 19.8 Å². The summed E-state index contributed by atoms with van der Waals surface area (Å²) in [7, 11) is 0. The summed E-state index contributed by atoms with van der Waals surface area (Å²) in [6, 6.07) is 5.72. The minimum absolute atomic E-state index is 0.0507. The largest absolute Gasteiger partial charge is 0.444 e. The number of hydrogen-bond donors (Lipinski definition) is 1. The molecule has 7 heteroatoms. The zero-order valence-electron chi connectivity index (χ0n) is 15.6. The number of ether oxygens (including phenoxy) is 2. The van der Waals surface area contributed by atoms with Gasteiger partial charge in [-0.1, -0.05) is 18.2 Å². The third kappa shape index (κ3) is 4.03. The summed E-state index contributed by atoms with van der Waals surface area (Å²) in [5.41, 5.74) is -4.18. The van der Waals surface area contributed by atoms with Crippen molar-refractivity contribution in [3.05, 3.63) is 35.6 Å². The van der Waals surface area contributed by atoms with Crippen LogP contribution in [0.4, 0.5) is 13.6 Å². The monoisotopic (exact) mass is 369 g/mol. The number of benzene rings is 1. The van der Waals surface area contributed by atoms with Gasteiger partial charge in [-0.05, 0) is 40.7 Å². The Labute approximate surface area is 152 Å². The molecular weight excluding hydrogens is 344 g/mol. The summed E-state index contributed by atoms with van der Waals surface area (Å²) in [5.74, 6) is -1.76. The summed E-state index contributed by atoms with van der Waals surface area (Å²) in [4.78, 5) is 24.3. The van der Waals surface area contributed by atoms with Crippen LogP contribution in [0.3, 0.4) is 0 Å². The van der Waals surface area contributed by atoms with Crippen LogP contribution in [0, 0.1) is 11.7 Å². The van der Waals surface area contributed by atoms with Gasteiger partial charge in [-0.25, -0.2) is 13.6 Å². The van der Waals surface area contributed by atoms with Gasteiger partial charge in [0.25, 0.3) is 0 Å². The second kappa shape index (κ2) is 6.95. The molecule has 144 valence electrons. The molecule has 0 bridgehead atoms. The lowest BCUT2D eigenvalue weighted by molar-refractivity contribution is -0.117. The van der Waals surface area contributed by atoms with Crippen LogP contribution in [0.25, 0.3) is 0 Å². The van der Waals surface area contributed by atoms with Gasteiger partial charge in [0.05, 0.1) is 12.5 Å². The van der Waals surface area contributed by atoms with Crippen LogP contribution in [-0.4, -0.2) is 36.4 Å². The van der Waals surface area contributed by atoms with E-state index in [1.807, 2.05) is 0 Å². The van der Waals surface area contributed by atoms with Gasteiger partial charge in [0, 0.05) is 5.56 Å². The fourth-order valence-electron chi connectivity index (χ4n) is 3.24. The van der Waals surface area contributed by atoms with Crippen molar-refractivity contribution in [2.24, 2.45) is 5.92 Å². The first-order valence-corrected chi connectivity index (χ1v) is 8.43. The van der Waals surface area contributed by atoms with Crippen molar-refractivity contribution < 1.29 is 27.8 Å². The third-order valence-electron chi connectivity index (χ3n) is 4.29. The van der Waals surface area contributed by atoms with Crippen LogP contribution in [0.15, 0.2) is 24.3 Å². The number of alkyl halides is 1. The molecule has 26 heavy (non-hydrogen) atoms. The lowest BCUT2D eigenvalue weighted by Gasteiger charge is -2.36. The average molecular weight is 369 g/mol. The van der Waals surface area contributed by atoms with E-state index in [9.17, 15) is 18.4 Å². The zero-order chi connectivity index (χ0) is 19.8. The van der Waals surface area contributed by atoms with Gasteiger partial charge < -0.3 is 19.6 Å². The van der Waals surface area contributed by atoms with Crippen LogP contribution in [0.1, 0.15) is 40.2 Å². The van der Waals surface area contributed by atoms with Crippen molar-refractivity contribution in [1.82, 2.24) is 5.32 Å². The van der Waals surface area contributed by atoms with Crippen LogP contribution in [0.5, 0.6) is 0 Å². The lowest BCUT2D eigenvalue weighted by atomic mass is 9.75. The molecule has 3 atom stereocenters. The third-order valence-corrected chi connectivity index (χ3v) is 4.29. The maximum Gasteiger partial charge on any atom is 0.408 e. The summed E-state index contributed by atoms with van der Waals surface area (Å²) in [6.45, 7) is 7.33. The van der Waals surface area contributed by atoms with Crippen LogP contribution < -0.4 is 5.32 Å². The van der Waals surface area contributed by atoms with Gasteiger partial charge >= 0.3 is 6.09 Å². The Balaban J connectivity index is 2.52. The minimum atomic E-state index is -1.87. The van der Waals surface area contributed by atoms with E-state index in [2.05, 4.69) is 5.32 Å². The molecule has 1 unspecified atom stereocenters. The minimum Gasteiger partial charge on any atom is -0.444 e. The second-order valence-electron chi connectivity index (χ2n) is 8.04. The Morgan fingerprint density at radius 1 is 1.31 bits per heavy atom. The van der Waals surface area contributed by atoms with Crippen molar-refractivity contribution in [2.75, 3.05) is 6.61 Å².